The van der Waals surface area contributed by atoms with Crippen molar-refractivity contribution >= 4 is 39.8 Å². The number of pyridine rings is 1. The number of nitrogens with zero attached hydrogens (tertiary/aromatic N) is 1. The zero-order valence-electron chi connectivity index (χ0n) is 10.3. The van der Waals surface area contributed by atoms with Crippen LogP contribution >= 0.6 is 23.2 Å². The number of hydrogen-bond acceptors (Lipinski definition) is 3. The number of benzene rings is 2. The average molecular weight is 305 g/mol. The first-order valence-corrected chi connectivity index (χ1v) is 6.67. The summed E-state index contributed by atoms with van der Waals surface area (Å²) in [5.41, 5.74) is 7.05. The molecule has 5 heteroatoms. The Morgan fingerprint density at radius 2 is 1.80 bits per heavy atom. The lowest BCUT2D eigenvalue weighted by Crippen LogP contribution is -1.93. The van der Waals surface area contributed by atoms with Crippen molar-refractivity contribution in [3.8, 4) is 11.5 Å². The van der Waals surface area contributed by atoms with Crippen LogP contribution in [-0.2, 0) is 0 Å². The van der Waals surface area contributed by atoms with Gasteiger partial charge < -0.3 is 10.5 Å². The second-order valence-electron chi connectivity index (χ2n) is 4.23. The van der Waals surface area contributed by atoms with Gasteiger partial charge in [0, 0.05) is 16.6 Å². The first-order valence-electron chi connectivity index (χ1n) is 5.91. The maximum Gasteiger partial charge on any atom is 0.153 e. The van der Waals surface area contributed by atoms with E-state index in [1.165, 1.54) is 0 Å². The van der Waals surface area contributed by atoms with E-state index in [0.717, 1.165) is 5.39 Å². The van der Waals surface area contributed by atoms with Gasteiger partial charge in [-0.25, -0.2) is 0 Å². The van der Waals surface area contributed by atoms with Crippen LogP contribution in [0.1, 0.15) is 0 Å². The van der Waals surface area contributed by atoms with E-state index >= 15 is 0 Å². The highest BCUT2D eigenvalue weighted by Crippen LogP contribution is 2.35. The van der Waals surface area contributed by atoms with Crippen molar-refractivity contribution in [2.45, 2.75) is 0 Å². The van der Waals surface area contributed by atoms with Gasteiger partial charge in [-0.3, -0.25) is 4.98 Å². The minimum Gasteiger partial charge on any atom is -0.453 e. The number of hydrogen-bond donors (Lipinski definition) is 1. The SMILES string of the molecule is Nc1cc(Cl)ccc1Oc1ccc(Cl)c2cccnc12. The first kappa shape index (κ1) is 13.0. The number of halogens is 2. The van der Waals surface area contributed by atoms with Crippen LogP contribution in [0.25, 0.3) is 10.9 Å². The quantitative estimate of drug-likeness (QED) is 0.684. The molecule has 3 nitrogen and oxygen atoms in total. The Bertz CT molecular complexity index is 790. The molecule has 0 bridgehead atoms. The van der Waals surface area contributed by atoms with Crippen molar-refractivity contribution < 1.29 is 4.74 Å². The third-order valence-corrected chi connectivity index (χ3v) is 3.44. The fraction of sp³-hybridized carbons (Fsp3) is 0. The summed E-state index contributed by atoms with van der Waals surface area (Å²) < 4.78 is 5.83. The topological polar surface area (TPSA) is 48.1 Å². The van der Waals surface area contributed by atoms with E-state index < -0.39 is 0 Å². The summed E-state index contributed by atoms with van der Waals surface area (Å²) >= 11 is 12.0. The van der Waals surface area contributed by atoms with Crippen LogP contribution in [0.2, 0.25) is 10.0 Å². The van der Waals surface area contributed by atoms with E-state index in [2.05, 4.69) is 4.98 Å². The van der Waals surface area contributed by atoms with Gasteiger partial charge in [-0.2, -0.15) is 0 Å². The van der Waals surface area contributed by atoms with E-state index in [1.807, 2.05) is 12.1 Å². The van der Waals surface area contributed by atoms with E-state index in [9.17, 15) is 0 Å². The van der Waals surface area contributed by atoms with Crippen LogP contribution in [0, 0.1) is 0 Å². The third-order valence-electron chi connectivity index (χ3n) is 2.87. The Labute approximate surface area is 125 Å². The first-order chi connectivity index (χ1) is 9.65. The predicted octanol–water partition coefficient (Wildman–Crippen LogP) is 4.92. The molecular formula is C15H10Cl2N2O. The molecule has 0 unspecified atom stereocenters. The highest BCUT2D eigenvalue weighted by molar-refractivity contribution is 6.35. The van der Waals surface area contributed by atoms with Gasteiger partial charge in [0.1, 0.15) is 5.52 Å². The summed E-state index contributed by atoms with van der Waals surface area (Å²) in [6.07, 6.45) is 1.69. The van der Waals surface area contributed by atoms with Crippen LogP contribution in [0.4, 0.5) is 5.69 Å². The second kappa shape index (κ2) is 5.19. The molecular weight excluding hydrogens is 295 g/mol. The molecule has 0 aliphatic carbocycles. The number of nitrogens with two attached hydrogens (primary N) is 1. The van der Waals surface area contributed by atoms with Gasteiger partial charge in [0.15, 0.2) is 11.5 Å². The molecule has 1 heterocycles. The molecule has 3 aromatic rings. The molecule has 0 saturated carbocycles. The fourth-order valence-corrected chi connectivity index (χ4v) is 2.32. The maximum absolute atomic E-state index is 6.15. The highest BCUT2D eigenvalue weighted by Gasteiger charge is 2.09. The monoisotopic (exact) mass is 304 g/mol. The summed E-state index contributed by atoms with van der Waals surface area (Å²) in [6.45, 7) is 0. The summed E-state index contributed by atoms with van der Waals surface area (Å²) in [5, 5.41) is 2.03. The van der Waals surface area contributed by atoms with E-state index in [0.29, 0.717) is 32.7 Å². The summed E-state index contributed by atoms with van der Waals surface area (Å²) in [6, 6.07) is 12.3. The lowest BCUT2D eigenvalue weighted by Gasteiger charge is -2.11. The van der Waals surface area contributed by atoms with Gasteiger partial charge in [-0.05, 0) is 42.5 Å². The lowest BCUT2D eigenvalue weighted by molar-refractivity contribution is 0.489. The van der Waals surface area contributed by atoms with Gasteiger partial charge >= 0.3 is 0 Å². The third kappa shape index (κ3) is 2.38. The molecule has 2 aromatic carbocycles. The molecule has 0 radical (unpaired) electrons. The fourth-order valence-electron chi connectivity index (χ4n) is 1.93. The van der Waals surface area contributed by atoms with Crippen molar-refractivity contribution in [2.24, 2.45) is 0 Å². The molecule has 20 heavy (non-hydrogen) atoms. The summed E-state index contributed by atoms with van der Waals surface area (Å²) in [4.78, 5) is 4.31. The van der Waals surface area contributed by atoms with E-state index in [4.69, 9.17) is 33.7 Å². The Kier molecular flexibility index (Phi) is 3.38. The molecule has 0 spiro atoms. The maximum atomic E-state index is 6.15. The molecule has 0 saturated heterocycles. The van der Waals surface area contributed by atoms with Crippen LogP contribution in [0.3, 0.4) is 0 Å². The Morgan fingerprint density at radius 1 is 1.00 bits per heavy atom. The van der Waals surface area contributed by atoms with Crippen molar-refractivity contribution in [1.82, 2.24) is 4.98 Å². The van der Waals surface area contributed by atoms with Crippen molar-refractivity contribution in [2.75, 3.05) is 5.73 Å². The molecule has 0 aliphatic heterocycles. The zero-order chi connectivity index (χ0) is 14.1. The largest absolute Gasteiger partial charge is 0.453 e. The predicted molar refractivity (Wildman–Crippen MR) is 82.7 cm³/mol. The Morgan fingerprint density at radius 3 is 2.60 bits per heavy atom. The van der Waals surface area contributed by atoms with Gasteiger partial charge in [0.25, 0.3) is 0 Å². The van der Waals surface area contributed by atoms with Crippen LogP contribution < -0.4 is 10.5 Å². The highest BCUT2D eigenvalue weighted by atomic mass is 35.5. The van der Waals surface area contributed by atoms with Crippen LogP contribution in [-0.4, -0.2) is 4.98 Å². The standard InChI is InChI=1S/C15H10Cl2N2O/c16-9-3-5-13(12(18)8-9)20-14-6-4-11(17)10-2-1-7-19-15(10)14/h1-8H,18H2. The Hall–Kier alpha value is -1.97. The molecule has 100 valence electrons. The van der Waals surface area contributed by atoms with Crippen molar-refractivity contribution in [1.29, 1.82) is 0 Å². The minimum atomic E-state index is 0.469. The number of ether oxygens (including phenoxy) is 1. The second-order valence-corrected chi connectivity index (χ2v) is 5.07. The summed E-state index contributed by atoms with van der Waals surface area (Å²) in [7, 11) is 0. The zero-order valence-corrected chi connectivity index (χ0v) is 11.8. The van der Waals surface area contributed by atoms with Gasteiger partial charge in [-0.15, -0.1) is 0 Å². The van der Waals surface area contributed by atoms with Crippen molar-refractivity contribution in [3.05, 3.63) is 58.7 Å². The Balaban J connectivity index is 2.09. The van der Waals surface area contributed by atoms with E-state index in [1.54, 1.807) is 36.5 Å². The normalized spacial score (nSPS) is 10.7. The average Bonchev–Trinajstić information content (AvgIpc) is 2.45. The van der Waals surface area contributed by atoms with Gasteiger partial charge in [0.2, 0.25) is 0 Å². The molecule has 0 aliphatic rings. The molecule has 1 aromatic heterocycles. The number of aromatic nitrogens is 1. The summed E-state index contributed by atoms with van der Waals surface area (Å²) in [5.74, 6) is 1.13. The van der Waals surface area contributed by atoms with Crippen molar-refractivity contribution in [3.63, 3.8) is 0 Å². The number of fused-ring (bicyclic) bond motifs is 1. The minimum absolute atomic E-state index is 0.469. The van der Waals surface area contributed by atoms with E-state index in [-0.39, 0.29) is 0 Å². The van der Waals surface area contributed by atoms with Gasteiger partial charge in [-0.1, -0.05) is 23.2 Å². The molecule has 0 atom stereocenters. The smallest absolute Gasteiger partial charge is 0.153 e. The van der Waals surface area contributed by atoms with Crippen LogP contribution in [0.5, 0.6) is 11.5 Å². The number of anilines is 1. The number of rotatable bonds is 2. The lowest BCUT2D eigenvalue weighted by atomic mass is 10.2. The molecule has 0 amide bonds. The molecule has 3 rings (SSSR count). The van der Waals surface area contributed by atoms with Crippen LogP contribution in [0.15, 0.2) is 48.7 Å². The van der Waals surface area contributed by atoms with Gasteiger partial charge in [0.05, 0.1) is 10.7 Å². The molecule has 2 N–H and O–H groups in total. The number of nitrogen functional groups attached to an aromatic ring is 1. The molecule has 0 fully saturated rings.